The normalized spacial score (nSPS) is 9.89. The topological polar surface area (TPSA) is 88.7 Å². The van der Waals surface area contributed by atoms with Crippen LogP contribution in [-0.2, 0) is 4.79 Å². The number of nitrogens with one attached hydrogen (secondary N) is 3. The number of methoxy groups -OCH3 is 1. The molecule has 0 unspecified atom stereocenters. The van der Waals surface area contributed by atoms with Gasteiger partial charge in [0.2, 0.25) is 0 Å². The Morgan fingerprint density at radius 3 is 2.33 bits per heavy atom. The van der Waals surface area contributed by atoms with Gasteiger partial charge in [0.15, 0.2) is 11.7 Å². The van der Waals surface area contributed by atoms with Crippen molar-refractivity contribution in [1.29, 1.82) is 0 Å². The van der Waals surface area contributed by atoms with Gasteiger partial charge in [-0.05, 0) is 54.7 Å². The smallest absolute Gasteiger partial charge is 0.271 e. The minimum absolute atomic E-state index is 0.100. The van der Waals surface area contributed by atoms with Crippen LogP contribution in [0.5, 0.6) is 11.5 Å². The number of halogens is 2. The van der Waals surface area contributed by atoms with Crippen LogP contribution in [0.2, 0.25) is 10.0 Å². The molecule has 2 rings (SSSR count). The Morgan fingerprint density at radius 2 is 1.70 bits per heavy atom. The van der Waals surface area contributed by atoms with Gasteiger partial charge in [0, 0.05) is 5.02 Å². The third kappa shape index (κ3) is 6.59. The molecule has 0 radical (unpaired) electrons. The summed E-state index contributed by atoms with van der Waals surface area (Å²) in [6, 6.07) is 11.2. The average molecular weight is 428 g/mol. The third-order valence-electron chi connectivity index (χ3n) is 3.15. The zero-order valence-corrected chi connectivity index (χ0v) is 16.4. The molecule has 2 amide bonds. The van der Waals surface area contributed by atoms with Gasteiger partial charge in [0.05, 0.1) is 17.7 Å². The Labute approximate surface area is 170 Å². The highest BCUT2D eigenvalue weighted by molar-refractivity contribution is 7.80. The highest BCUT2D eigenvalue weighted by Gasteiger charge is 2.12. The fourth-order valence-corrected chi connectivity index (χ4v) is 2.53. The van der Waals surface area contributed by atoms with E-state index in [0.29, 0.717) is 16.5 Å². The van der Waals surface area contributed by atoms with Gasteiger partial charge < -0.3 is 9.47 Å². The van der Waals surface area contributed by atoms with E-state index in [1.807, 2.05) is 0 Å². The lowest BCUT2D eigenvalue weighted by molar-refractivity contribution is -0.121. The molecule has 2 aromatic carbocycles. The fraction of sp³-hybridized carbons (Fsp3) is 0.118. The molecule has 0 heterocycles. The van der Waals surface area contributed by atoms with Crippen molar-refractivity contribution in [1.82, 2.24) is 16.2 Å². The standard InChI is InChI=1S/C17H15Cl2N3O4S/c1-25-11-3-5-12(6-4-11)26-9-15(23)20-17(27)22-21-16(24)13-7-2-10(18)8-14(13)19/h2-8H,9H2,1H3,(H,21,24)(H2,20,22,23,27). The monoisotopic (exact) mass is 427 g/mol. The van der Waals surface area contributed by atoms with Crippen LogP contribution in [0.3, 0.4) is 0 Å². The first kappa shape index (κ1) is 20.8. The molecule has 10 heteroatoms. The lowest BCUT2D eigenvalue weighted by Crippen LogP contribution is -2.49. The first-order valence-electron chi connectivity index (χ1n) is 7.51. The second kappa shape index (κ2) is 9.96. The van der Waals surface area contributed by atoms with Gasteiger partial charge in [-0.25, -0.2) is 0 Å². The molecule has 27 heavy (non-hydrogen) atoms. The summed E-state index contributed by atoms with van der Waals surface area (Å²) in [5, 5.41) is 2.86. The molecular formula is C17H15Cl2N3O4S. The number of amides is 2. The summed E-state index contributed by atoms with van der Waals surface area (Å²) in [6.45, 7) is -0.259. The van der Waals surface area contributed by atoms with Crippen molar-refractivity contribution in [3.63, 3.8) is 0 Å². The highest BCUT2D eigenvalue weighted by Crippen LogP contribution is 2.20. The number of carbonyl (C=O) groups excluding carboxylic acids is 2. The minimum Gasteiger partial charge on any atom is -0.497 e. The molecular weight excluding hydrogens is 413 g/mol. The van der Waals surface area contributed by atoms with Gasteiger partial charge in [0.1, 0.15) is 11.5 Å². The number of thiocarbonyl (C=S) groups is 1. The average Bonchev–Trinajstić information content (AvgIpc) is 2.65. The fourth-order valence-electron chi connectivity index (χ4n) is 1.87. The van der Waals surface area contributed by atoms with E-state index in [0.717, 1.165) is 0 Å². The Morgan fingerprint density at radius 1 is 1.04 bits per heavy atom. The van der Waals surface area contributed by atoms with Gasteiger partial charge in [-0.3, -0.25) is 25.8 Å². The van der Waals surface area contributed by atoms with Gasteiger partial charge in [-0.2, -0.15) is 0 Å². The van der Waals surface area contributed by atoms with Crippen molar-refractivity contribution >= 4 is 52.3 Å². The Bertz CT molecular complexity index is 847. The van der Waals surface area contributed by atoms with Crippen molar-refractivity contribution in [2.24, 2.45) is 0 Å². The molecule has 0 aromatic heterocycles. The van der Waals surface area contributed by atoms with Crippen molar-refractivity contribution < 1.29 is 19.1 Å². The van der Waals surface area contributed by atoms with Gasteiger partial charge in [-0.1, -0.05) is 23.2 Å². The van der Waals surface area contributed by atoms with Crippen molar-refractivity contribution in [2.45, 2.75) is 0 Å². The number of benzene rings is 2. The van der Waals surface area contributed by atoms with E-state index in [1.165, 1.54) is 18.2 Å². The van der Waals surface area contributed by atoms with E-state index in [2.05, 4.69) is 16.2 Å². The molecule has 0 atom stereocenters. The zero-order valence-electron chi connectivity index (χ0n) is 14.0. The maximum absolute atomic E-state index is 12.0. The highest BCUT2D eigenvalue weighted by atomic mass is 35.5. The number of carbonyl (C=O) groups is 2. The predicted octanol–water partition coefficient (Wildman–Crippen LogP) is 2.72. The van der Waals surface area contributed by atoms with Gasteiger partial charge in [-0.15, -0.1) is 0 Å². The Kier molecular flexibility index (Phi) is 7.66. The lowest BCUT2D eigenvalue weighted by Gasteiger charge is -2.12. The number of ether oxygens (including phenoxy) is 2. The summed E-state index contributed by atoms with van der Waals surface area (Å²) in [7, 11) is 1.55. The first-order chi connectivity index (χ1) is 12.9. The second-order valence-electron chi connectivity index (χ2n) is 5.04. The summed E-state index contributed by atoms with van der Waals surface area (Å²) in [5.41, 5.74) is 4.93. The number of rotatable bonds is 5. The molecule has 0 aliphatic carbocycles. The maximum atomic E-state index is 12.0. The molecule has 2 aromatic rings. The Balaban J connectivity index is 1.75. The summed E-state index contributed by atoms with van der Waals surface area (Å²) in [6.07, 6.45) is 0. The van der Waals surface area contributed by atoms with Crippen LogP contribution < -0.4 is 25.6 Å². The zero-order chi connectivity index (χ0) is 19.8. The van der Waals surface area contributed by atoms with Crippen LogP contribution in [0.15, 0.2) is 42.5 Å². The van der Waals surface area contributed by atoms with Crippen LogP contribution in [0.25, 0.3) is 0 Å². The molecule has 0 aliphatic rings. The maximum Gasteiger partial charge on any atom is 0.271 e. The molecule has 142 valence electrons. The molecule has 0 spiro atoms. The molecule has 3 N–H and O–H groups in total. The Hall–Kier alpha value is -2.55. The lowest BCUT2D eigenvalue weighted by atomic mass is 10.2. The number of hydrazine groups is 1. The molecule has 0 saturated carbocycles. The van der Waals surface area contributed by atoms with Crippen LogP contribution in [0, 0.1) is 0 Å². The molecule has 0 aliphatic heterocycles. The van der Waals surface area contributed by atoms with Gasteiger partial charge in [0.25, 0.3) is 11.8 Å². The number of hydrogen-bond donors (Lipinski definition) is 3. The quantitative estimate of drug-likeness (QED) is 0.502. The van der Waals surface area contributed by atoms with Crippen LogP contribution in [0.1, 0.15) is 10.4 Å². The van der Waals surface area contributed by atoms with E-state index in [1.54, 1.807) is 31.4 Å². The van der Waals surface area contributed by atoms with E-state index in [-0.39, 0.29) is 22.3 Å². The van der Waals surface area contributed by atoms with E-state index in [9.17, 15) is 9.59 Å². The minimum atomic E-state index is -0.539. The van der Waals surface area contributed by atoms with Crippen molar-refractivity contribution in [3.05, 3.63) is 58.1 Å². The van der Waals surface area contributed by atoms with E-state index >= 15 is 0 Å². The second-order valence-corrected chi connectivity index (χ2v) is 6.30. The summed E-state index contributed by atoms with van der Waals surface area (Å²) < 4.78 is 10.3. The van der Waals surface area contributed by atoms with E-state index < -0.39 is 11.8 Å². The molecule has 0 bridgehead atoms. The molecule has 7 nitrogen and oxygen atoms in total. The van der Waals surface area contributed by atoms with Crippen LogP contribution >= 0.6 is 35.4 Å². The van der Waals surface area contributed by atoms with Crippen LogP contribution in [-0.4, -0.2) is 30.6 Å². The largest absolute Gasteiger partial charge is 0.497 e. The third-order valence-corrected chi connectivity index (χ3v) is 3.90. The first-order valence-corrected chi connectivity index (χ1v) is 8.67. The molecule has 0 fully saturated rings. The summed E-state index contributed by atoms with van der Waals surface area (Å²) in [5.74, 6) is 0.133. The number of hydrogen-bond acceptors (Lipinski definition) is 5. The molecule has 0 saturated heterocycles. The van der Waals surface area contributed by atoms with E-state index in [4.69, 9.17) is 44.9 Å². The summed E-state index contributed by atoms with van der Waals surface area (Å²) in [4.78, 5) is 23.8. The SMILES string of the molecule is COc1ccc(OCC(=O)NC(=S)NNC(=O)c2ccc(Cl)cc2Cl)cc1. The summed E-state index contributed by atoms with van der Waals surface area (Å²) >= 11 is 16.7. The predicted molar refractivity (Wildman–Crippen MR) is 106 cm³/mol. The van der Waals surface area contributed by atoms with Gasteiger partial charge >= 0.3 is 0 Å². The van der Waals surface area contributed by atoms with Crippen molar-refractivity contribution in [3.8, 4) is 11.5 Å². The van der Waals surface area contributed by atoms with Crippen LogP contribution in [0.4, 0.5) is 0 Å². The van der Waals surface area contributed by atoms with Crippen molar-refractivity contribution in [2.75, 3.05) is 13.7 Å².